The molecule has 1 fully saturated rings. The first kappa shape index (κ1) is 18.0. The van der Waals surface area contributed by atoms with E-state index in [0.29, 0.717) is 23.5 Å². The molecule has 0 radical (unpaired) electrons. The molecule has 1 saturated heterocycles. The summed E-state index contributed by atoms with van der Waals surface area (Å²) in [5.41, 5.74) is 0.300. The number of rotatable bonds is 6. The summed E-state index contributed by atoms with van der Waals surface area (Å²) in [6.07, 6.45) is 0.624. The molecule has 0 aliphatic carbocycles. The van der Waals surface area contributed by atoms with Crippen LogP contribution in [0.25, 0.3) is 0 Å². The van der Waals surface area contributed by atoms with Crippen molar-refractivity contribution in [2.24, 2.45) is 0 Å². The fraction of sp³-hybridized carbons (Fsp3) is 0.294. The van der Waals surface area contributed by atoms with Crippen LogP contribution < -0.4 is 19.5 Å². The minimum atomic E-state index is -0.472. The van der Waals surface area contributed by atoms with Gasteiger partial charge in [0.15, 0.2) is 0 Å². The molecule has 3 rings (SSSR count). The van der Waals surface area contributed by atoms with Crippen LogP contribution in [0.4, 0.5) is 0 Å². The minimum Gasteiger partial charge on any atom is -0.481 e. The molecule has 1 aromatic carbocycles. The number of nitrogens with one attached hydrogen (secondary N) is 1. The second-order valence-corrected chi connectivity index (χ2v) is 6.41. The Hall–Kier alpha value is -2.81. The SMILES string of the molecule is COc1cc(Oc2ccccc2C(=O)NC2CCSC2=O)nc(OC)n1. The van der Waals surface area contributed by atoms with Crippen LogP contribution in [0.1, 0.15) is 16.8 Å². The van der Waals surface area contributed by atoms with E-state index in [2.05, 4.69) is 15.3 Å². The molecule has 1 amide bonds. The lowest BCUT2D eigenvalue weighted by Crippen LogP contribution is -2.37. The van der Waals surface area contributed by atoms with Crippen molar-refractivity contribution in [3.8, 4) is 23.5 Å². The van der Waals surface area contributed by atoms with Crippen LogP contribution in [0.2, 0.25) is 0 Å². The zero-order valence-electron chi connectivity index (χ0n) is 14.2. The van der Waals surface area contributed by atoms with Gasteiger partial charge in [-0.05, 0) is 18.6 Å². The van der Waals surface area contributed by atoms with E-state index < -0.39 is 6.04 Å². The second-order valence-electron chi connectivity index (χ2n) is 5.32. The molecular formula is C17H17N3O5S. The molecule has 0 bridgehead atoms. The first-order valence-corrected chi connectivity index (χ1v) is 8.80. The van der Waals surface area contributed by atoms with Crippen molar-refractivity contribution >= 4 is 22.8 Å². The van der Waals surface area contributed by atoms with Gasteiger partial charge >= 0.3 is 6.01 Å². The van der Waals surface area contributed by atoms with Gasteiger partial charge in [0, 0.05) is 5.75 Å². The highest BCUT2D eigenvalue weighted by Crippen LogP contribution is 2.28. The number of hydrogen-bond acceptors (Lipinski definition) is 8. The smallest absolute Gasteiger partial charge is 0.322 e. The Morgan fingerprint density at radius 2 is 1.96 bits per heavy atom. The van der Waals surface area contributed by atoms with Gasteiger partial charge in [0.2, 0.25) is 16.9 Å². The third kappa shape index (κ3) is 4.05. The molecule has 8 nitrogen and oxygen atoms in total. The third-order valence-electron chi connectivity index (χ3n) is 3.64. The first-order valence-electron chi connectivity index (χ1n) is 7.82. The molecule has 1 aliphatic heterocycles. The molecule has 136 valence electrons. The number of hydrogen-bond donors (Lipinski definition) is 1. The van der Waals surface area contributed by atoms with Crippen LogP contribution in [0.15, 0.2) is 30.3 Å². The first-order chi connectivity index (χ1) is 12.6. The highest BCUT2D eigenvalue weighted by Gasteiger charge is 2.28. The molecule has 1 N–H and O–H groups in total. The number of ether oxygens (including phenoxy) is 3. The quantitative estimate of drug-likeness (QED) is 0.819. The Labute approximate surface area is 154 Å². The Kier molecular flexibility index (Phi) is 5.57. The molecule has 0 spiro atoms. The summed E-state index contributed by atoms with van der Waals surface area (Å²) in [6, 6.07) is 7.80. The Morgan fingerprint density at radius 3 is 2.65 bits per heavy atom. The van der Waals surface area contributed by atoms with E-state index in [9.17, 15) is 9.59 Å². The average Bonchev–Trinajstić information content (AvgIpc) is 3.06. The van der Waals surface area contributed by atoms with Crippen LogP contribution in [-0.4, -0.2) is 47.0 Å². The summed E-state index contributed by atoms with van der Waals surface area (Å²) in [5.74, 6) is 1.06. The van der Waals surface area contributed by atoms with E-state index in [1.165, 1.54) is 32.0 Å². The van der Waals surface area contributed by atoms with E-state index >= 15 is 0 Å². The number of carbonyl (C=O) groups excluding carboxylic acids is 2. The molecule has 1 aliphatic rings. The van der Waals surface area contributed by atoms with Gasteiger partial charge < -0.3 is 19.5 Å². The highest BCUT2D eigenvalue weighted by molar-refractivity contribution is 8.14. The summed E-state index contributed by atoms with van der Waals surface area (Å²) >= 11 is 1.23. The molecule has 1 aromatic heterocycles. The fourth-order valence-corrected chi connectivity index (χ4v) is 3.28. The number of nitrogens with zero attached hydrogens (tertiary/aromatic N) is 2. The maximum absolute atomic E-state index is 12.6. The van der Waals surface area contributed by atoms with Gasteiger partial charge in [-0.25, -0.2) is 0 Å². The molecule has 2 heterocycles. The highest BCUT2D eigenvalue weighted by atomic mass is 32.2. The lowest BCUT2D eigenvalue weighted by Gasteiger charge is -2.14. The van der Waals surface area contributed by atoms with E-state index in [1.807, 2.05) is 0 Å². The van der Waals surface area contributed by atoms with Crippen LogP contribution >= 0.6 is 11.8 Å². The normalized spacial score (nSPS) is 16.2. The van der Waals surface area contributed by atoms with Gasteiger partial charge in [-0.15, -0.1) is 0 Å². The van der Waals surface area contributed by atoms with Crippen molar-refractivity contribution in [1.29, 1.82) is 0 Å². The number of carbonyl (C=O) groups is 2. The topological polar surface area (TPSA) is 99.6 Å². The summed E-state index contributed by atoms with van der Waals surface area (Å²) in [4.78, 5) is 32.4. The third-order valence-corrected chi connectivity index (χ3v) is 4.65. The second kappa shape index (κ2) is 8.05. The fourth-order valence-electron chi connectivity index (χ4n) is 2.35. The monoisotopic (exact) mass is 375 g/mol. The van der Waals surface area contributed by atoms with E-state index in [4.69, 9.17) is 14.2 Å². The maximum Gasteiger partial charge on any atom is 0.322 e. The van der Waals surface area contributed by atoms with Crippen LogP contribution in [0, 0.1) is 0 Å². The number of benzene rings is 1. The van der Waals surface area contributed by atoms with Crippen molar-refractivity contribution < 1.29 is 23.8 Å². The maximum atomic E-state index is 12.6. The Morgan fingerprint density at radius 1 is 1.19 bits per heavy atom. The van der Waals surface area contributed by atoms with Crippen molar-refractivity contribution in [3.63, 3.8) is 0 Å². The number of aromatic nitrogens is 2. The number of amides is 1. The van der Waals surface area contributed by atoms with Crippen LogP contribution in [0.3, 0.4) is 0 Å². The van der Waals surface area contributed by atoms with Gasteiger partial charge in [0.1, 0.15) is 5.75 Å². The molecule has 1 unspecified atom stereocenters. The predicted octanol–water partition coefficient (Wildman–Crippen LogP) is 2.05. The van der Waals surface area contributed by atoms with Crippen molar-refractivity contribution in [3.05, 3.63) is 35.9 Å². The molecule has 2 aromatic rings. The Balaban J connectivity index is 1.83. The van der Waals surface area contributed by atoms with E-state index in [0.717, 1.165) is 0 Å². The summed E-state index contributed by atoms with van der Waals surface area (Å²) < 4.78 is 15.8. The van der Waals surface area contributed by atoms with Crippen molar-refractivity contribution in [2.75, 3.05) is 20.0 Å². The number of methoxy groups -OCH3 is 2. The summed E-state index contributed by atoms with van der Waals surface area (Å²) in [7, 11) is 2.89. The van der Waals surface area contributed by atoms with Crippen molar-refractivity contribution in [1.82, 2.24) is 15.3 Å². The predicted molar refractivity (Wildman–Crippen MR) is 95.0 cm³/mol. The van der Waals surface area contributed by atoms with Crippen molar-refractivity contribution in [2.45, 2.75) is 12.5 Å². The number of para-hydroxylation sites is 1. The van der Waals surface area contributed by atoms with Gasteiger partial charge in [0.05, 0.1) is 31.9 Å². The standard InChI is InChI=1S/C17H17N3O5S/c1-23-13-9-14(20-17(19-13)24-2)25-12-6-4-3-5-10(12)15(21)18-11-7-8-26-16(11)22/h3-6,9,11H,7-8H2,1-2H3,(H,18,21). The minimum absolute atomic E-state index is 0.0259. The van der Waals surface area contributed by atoms with Gasteiger partial charge in [-0.2, -0.15) is 9.97 Å². The Bertz CT molecular complexity index is 808. The lowest BCUT2D eigenvalue weighted by atomic mass is 10.1. The van der Waals surface area contributed by atoms with Gasteiger partial charge in [0.25, 0.3) is 5.91 Å². The molecule has 0 saturated carbocycles. The number of thioether (sulfide) groups is 1. The molecule has 9 heteroatoms. The lowest BCUT2D eigenvalue weighted by molar-refractivity contribution is -0.112. The molecule has 1 atom stereocenters. The summed E-state index contributed by atoms with van der Waals surface area (Å²) in [6.45, 7) is 0. The van der Waals surface area contributed by atoms with E-state index in [1.54, 1.807) is 24.3 Å². The average molecular weight is 375 g/mol. The van der Waals surface area contributed by atoms with Crippen LogP contribution in [0.5, 0.6) is 23.5 Å². The molecular weight excluding hydrogens is 358 g/mol. The van der Waals surface area contributed by atoms with Gasteiger partial charge in [-0.1, -0.05) is 23.9 Å². The summed E-state index contributed by atoms with van der Waals surface area (Å²) in [5, 5.41) is 2.72. The van der Waals surface area contributed by atoms with E-state index in [-0.39, 0.29) is 28.8 Å². The molecule has 26 heavy (non-hydrogen) atoms. The largest absolute Gasteiger partial charge is 0.481 e. The zero-order valence-corrected chi connectivity index (χ0v) is 15.0. The van der Waals surface area contributed by atoms with Crippen LogP contribution in [-0.2, 0) is 4.79 Å². The van der Waals surface area contributed by atoms with Gasteiger partial charge in [-0.3, -0.25) is 9.59 Å². The zero-order chi connectivity index (χ0) is 18.5.